The molecular weight excluding hydrogens is 258 g/mol. The summed E-state index contributed by atoms with van der Waals surface area (Å²) in [6.07, 6.45) is 4.84. The Balaban J connectivity index is 2.08. The third-order valence-electron chi connectivity index (χ3n) is 3.57. The SMILES string of the molecule is Cc1cc(CN2CCCCCCC2=O)oc1C(=O)NN. The molecule has 0 radical (unpaired) electrons. The molecule has 0 bridgehead atoms. The molecule has 2 rings (SSSR count). The number of aryl methyl sites for hydroxylation is 1. The number of nitrogens with two attached hydrogens (primary N) is 1. The second kappa shape index (κ2) is 6.56. The fourth-order valence-electron chi connectivity index (χ4n) is 2.49. The van der Waals surface area contributed by atoms with Gasteiger partial charge >= 0.3 is 5.91 Å². The zero-order valence-electron chi connectivity index (χ0n) is 11.8. The molecule has 1 aromatic rings. The van der Waals surface area contributed by atoms with Crippen LogP contribution in [-0.2, 0) is 11.3 Å². The van der Waals surface area contributed by atoms with Crippen molar-refractivity contribution in [3.8, 4) is 0 Å². The molecule has 0 saturated carbocycles. The van der Waals surface area contributed by atoms with E-state index in [-0.39, 0.29) is 11.7 Å². The van der Waals surface area contributed by atoms with E-state index in [0.29, 0.717) is 18.7 Å². The monoisotopic (exact) mass is 279 g/mol. The number of nitrogens with one attached hydrogen (secondary N) is 1. The van der Waals surface area contributed by atoms with Gasteiger partial charge in [0.2, 0.25) is 5.91 Å². The number of carbonyl (C=O) groups excluding carboxylic acids is 2. The minimum atomic E-state index is -0.451. The van der Waals surface area contributed by atoms with Crippen LogP contribution in [-0.4, -0.2) is 23.3 Å². The quantitative estimate of drug-likeness (QED) is 0.498. The molecule has 1 aromatic heterocycles. The Morgan fingerprint density at radius 1 is 1.40 bits per heavy atom. The van der Waals surface area contributed by atoms with E-state index in [1.165, 1.54) is 0 Å². The van der Waals surface area contributed by atoms with Gasteiger partial charge in [-0.25, -0.2) is 5.84 Å². The van der Waals surface area contributed by atoms with Gasteiger partial charge < -0.3 is 9.32 Å². The zero-order chi connectivity index (χ0) is 14.5. The van der Waals surface area contributed by atoms with Gasteiger partial charge in [-0.3, -0.25) is 15.0 Å². The Morgan fingerprint density at radius 2 is 2.15 bits per heavy atom. The topological polar surface area (TPSA) is 88.6 Å². The molecule has 1 aliphatic heterocycles. The van der Waals surface area contributed by atoms with Crippen LogP contribution in [0.2, 0.25) is 0 Å². The smallest absolute Gasteiger partial charge is 0.301 e. The number of carbonyl (C=O) groups is 2. The first-order valence-corrected chi connectivity index (χ1v) is 7.00. The molecule has 0 spiro atoms. The number of hydrazine groups is 1. The average Bonchev–Trinajstić information content (AvgIpc) is 2.78. The highest BCUT2D eigenvalue weighted by Crippen LogP contribution is 2.19. The Hall–Kier alpha value is -1.82. The van der Waals surface area contributed by atoms with Crippen LogP contribution in [0, 0.1) is 6.92 Å². The predicted molar refractivity (Wildman–Crippen MR) is 73.6 cm³/mol. The van der Waals surface area contributed by atoms with Crippen LogP contribution < -0.4 is 11.3 Å². The van der Waals surface area contributed by atoms with Gasteiger partial charge in [-0.2, -0.15) is 0 Å². The molecule has 1 saturated heterocycles. The maximum Gasteiger partial charge on any atom is 0.301 e. The maximum atomic E-state index is 12.0. The second-order valence-electron chi connectivity index (χ2n) is 5.18. The lowest BCUT2D eigenvalue weighted by Gasteiger charge is -2.23. The van der Waals surface area contributed by atoms with Crippen molar-refractivity contribution in [2.45, 2.75) is 45.6 Å². The third kappa shape index (κ3) is 3.39. The van der Waals surface area contributed by atoms with E-state index in [9.17, 15) is 9.59 Å². The summed E-state index contributed by atoms with van der Waals surface area (Å²) in [5.74, 6) is 5.64. The lowest BCUT2D eigenvalue weighted by Crippen LogP contribution is -2.32. The number of nitrogen functional groups attached to an aromatic ring is 1. The highest BCUT2D eigenvalue weighted by molar-refractivity contribution is 5.92. The molecule has 3 N–H and O–H groups in total. The van der Waals surface area contributed by atoms with Crippen LogP contribution in [0.25, 0.3) is 0 Å². The first-order chi connectivity index (χ1) is 9.61. The first-order valence-electron chi connectivity index (χ1n) is 7.00. The van der Waals surface area contributed by atoms with E-state index in [1.54, 1.807) is 13.0 Å². The van der Waals surface area contributed by atoms with Crippen LogP contribution in [0.4, 0.5) is 0 Å². The number of furan rings is 1. The molecule has 0 aromatic carbocycles. The second-order valence-corrected chi connectivity index (χ2v) is 5.18. The molecule has 1 aliphatic rings. The standard InChI is InChI=1S/C14H21N3O3/c1-10-8-11(20-13(10)14(19)16-15)9-17-7-5-3-2-4-6-12(17)18/h8H,2-7,9,15H2,1H3,(H,16,19). The third-order valence-corrected chi connectivity index (χ3v) is 3.57. The summed E-state index contributed by atoms with van der Waals surface area (Å²) in [4.78, 5) is 25.3. The Labute approximate surface area is 118 Å². The Kier molecular flexibility index (Phi) is 4.79. The molecule has 0 aliphatic carbocycles. The van der Waals surface area contributed by atoms with Crippen molar-refractivity contribution >= 4 is 11.8 Å². The van der Waals surface area contributed by atoms with Gasteiger partial charge in [0.25, 0.3) is 0 Å². The molecule has 1 fully saturated rings. The fourth-order valence-corrected chi connectivity index (χ4v) is 2.49. The molecule has 2 amide bonds. The number of nitrogens with zero attached hydrogens (tertiary/aromatic N) is 1. The van der Waals surface area contributed by atoms with Gasteiger partial charge in [0.05, 0.1) is 6.54 Å². The van der Waals surface area contributed by atoms with Crippen LogP contribution in [0.5, 0.6) is 0 Å². The lowest BCUT2D eigenvalue weighted by atomic mass is 10.1. The molecular formula is C14H21N3O3. The fraction of sp³-hybridized carbons (Fsp3) is 0.571. The van der Waals surface area contributed by atoms with Crippen molar-refractivity contribution in [3.05, 3.63) is 23.2 Å². The summed E-state index contributed by atoms with van der Waals surface area (Å²) in [7, 11) is 0. The maximum absolute atomic E-state index is 12.0. The minimum Gasteiger partial charge on any atom is -0.454 e. The van der Waals surface area contributed by atoms with Gasteiger partial charge in [0.15, 0.2) is 5.76 Å². The van der Waals surface area contributed by atoms with Gasteiger partial charge in [0.1, 0.15) is 5.76 Å². The van der Waals surface area contributed by atoms with Crippen LogP contribution in [0.15, 0.2) is 10.5 Å². The zero-order valence-corrected chi connectivity index (χ0v) is 11.8. The highest BCUT2D eigenvalue weighted by atomic mass is 16.4. The van der Waals surface area contributed by atoms with E-state index >= 15 is 0 Å². The van der Waals surface area contributed by atoms with Crippen molar-refractivity contribution in [2.75, 3.05) is 6.54 Å². The number of amides is 2. The summed E-state index contributed by atoms with van der Waals surface area (Å²) < 4.78 is 5.50. The van der Waals surface area contributed by atoms with Gasteiger partial charge in [0, 0.05) is 18.5 Å². The van der Waals surface area contributed by atoms with E-state index < -0.39 is 5.91 Å². The van der Waals surface area contributed by atoms with Crippen molar-refractivity contribution in [3.63, 3.8) is 0 Å². The summed E-state index contributed by atoms with van der Waals surface area (Å²) in [6, 6.07) is 1.79. The molecule has 6 heteroatoms. The lowest BCUT2D eigenvalue weighted by molar-refractivity contribution is -0.132. The van der Waals surface area contributed by atoms with Crippen LogP contribution in [0.3, 0.4) is 0 Å². The van der Waals surface area contributed by atoms with Gasteiger partial charge in [-0.05, 0) is 25.8 Å². The summed E-state index contributed by atoms with van der Waals surface area (Å²) in [5.41, 5.74) is 2.78. The first kappa shape index (κ1) is 14.6. The molecule has 0 atom stereocenters. The normalized spacial score (nSPS) is 16.7. The molecule has 0 unspecified atom stereocenters. The molecule has 110 valence electrons. The average molecular weight is 279 g/mol. The van der Waals surface area contributed by atoms with Crippen molar-refractivity contribution in [2.24, 2.45) is 5.84 Å². The number of hydrogen-bond acceptors (Lipinski definition) is 4. The van der Waals surface area contributed by atoms with Crippen LogP contribution >= 0.6 is 0 Å². The van der Waals surface area contributed by atoms with Gasteiger partial charge in [-0.1, -0.05) is 12.8 Å². The number of hydrogen-bond donors (Lipinski definition) is 2. The van der Waals surface area contributed by atoms with E-state index in [1.807, 2.05) is 4.90 Å². The van der Waals surface area contributed by atoms with Gasteiger partial charge in [-0.15, -0.1) is 0 Å². The Morgan fingerprint density at radius 3 is 2.90 bits per heavy atom. The van der Waals surface area contributed by atoms with E-state index in [0.717, 1.165) is 37.8 Å². The molecule has 2 heterocycles. The van der Waals surface area contributed by atoms with Crippen molar-refractivity contribution < 1.29 is 14.0 Å². The largest absolute Gasteiger partial charge is 0.454 e. The summed E-state index contributed by atoms with van der Waals surface area (Å²) >= 11 is 0. The summed E-state index contributed by atoms with van der Waals surface area (Å²) in [6.45, 7) is 2.95. The van der Waals surface area contributed by atoms with Crippen molar-refractivity contribution in [1.82, 2.24) is 10.3 Å². The summed E-state index contributed by atoms with van der Waals surface area (Å²) in [5, 5.41) is 0. The van der Waals surface area contributed by atoms with Crippen LogP contribution in [0.1, 0.15) is 54.0 Å². The molecule has 6 nitrogen and oxygen atoms in total. The predicted octanol–water partition coefficient (Wildman–Crippen LogP) is 1.48. The Bertz CT molecular complexity index is 496. The van der Waals surface area contributed by atoms with E-state index in [4.69, 9.17) is 10.3 Å². The highest BCUT2D eigenvalue weighted by Gasteiger charge is 2.20. The minimum absolute atomic E-state index is 0.156. The van der Waals surface area contributed by atoms with E-state index in [2.05, 4.69) is 5.43 Å². The number of likely N-dealkylation sites (tertiary alicyclic amines) is 1. The number of rotatable bonds is 3. The van der Waals surface area contributed by atoms with Crippen molar-refractivity contribution in [1.29, 1.82) is 0 Å². The molecule has 20 heavy (non-hydrogen) atoms.